The van der Waals surface area contributed by atoms with Gasteiger partial charge in [-0.2, -0.15) is 13.2 Å². The largest absolute Gasteiger partial charge is 0.444 e. The van der Waals surface area contributed by atoms with E-state index in [1.165, 1.54) is 0 Å². The molecule has 21 heavy (non-hydrogen) atoms. The standard InChI is InChI=1S/C14H25F3N2O2/c1-13(2,3)21-12(20)19-9-5-11(6-10-19)18-8-4-7-14(15,16)17/h11,18H,4-10H2,1-3H3. The van der Waals surface area contributed by atoms with E-state index < -0.39 is 18.2 Å². The molecule has 4 nitrogen and oxygen atoms in total. The lowest BCUT2D eigenvalue weighted by Crippen LogP contribution is -2.46. The van der Waals surface area contributed by atoms with Gasteiger partial charge in [0.1, 0.15) is 5.60 Å². The fourth-order valence-electron chi connectivity index (χ4n) is 2.19. The van der Waals surface area contributed by atoms with Crippen LogP contribution in [0.2, 0.25) is 0 Å². The molecule has 1 fully saturated rings. The minimum absolute atomic E-state index is 0.0930. The summed E-state index contributed by atoms with van der Waals surface area (Å²) in [6.07, 6.45) is -3.58. The van der Waals surface area contributed by atoms with Crippen LogP contribution in [0.5, 0.6) is 0 Å². The Hall–Kier alpha value is -0.980. The molecule has 1 heterocycles. The highest BCUT2D eigenvalue weighted by atomic mass is 19.4. The van der Waals surface area contributed by atoms with Gasteiger partial charge in [0, 0.05) is 25.6 Å². The molecule has 0 unspecified atom stereocenters. The van der Waals surface area contributed by atoms with Crippen LogP contribution < -0.4 is 5.32 Å². The van der Waals surface area contributed by atoms with Gasteiger partial charge in [0.15, 0.2) is 0 Å². The molecule has 1 rings (SSSR count). The quantitative estimate of drug-likeness (QED) is 0.810. The Bertz CT molecular complexity index is 332. The number of hydrogen-bond acceptors (Lipinski definition) is 3. The molecule has 7 heteroatoms. The second-order valence-electron chi connectivity index (χ2n) is 6.41. The number of likely N-dealkylation sites (tertiary alicyclic amines) is 1. The zero-order valence-corrected chi connectivity index (χ0v) is 12.9. The van der Waals surface area contributed by atoms with Gasteiger partial charge in [-0.1, -0.05) is 0 Å². The number of amides is 1. The van der Waals surface area contributed by atoms with Crippen LogP contribution in [0, 0.1) is 0 Å². The zero-order chi connectivity index (χ0) is 16.1. The number of carbonyl (C=O) groups is 1. The molecule has 0 aromatic rings. The Morgan fingerprint density at radius 2 is 1.81 bits per heavy atom. The van der Waals surface area contributed by atoms with Crippen molar-refractivity contribution in [3.05, 3.63) is 0 Å². The zero-order valence-electron chi connectivity index (χ0n) is 12.9. The number of piperidine rings is 1. The summed E-state index contributed by atoms with van der Waals surface area (Å²) in [5, 5.41) is 3.12. The minimum Gasteiger partial charge on any atom is -0.444 e. The monoisotopic (exact) mass is 310 g/mol. The number of nitrogens with zero attached hydrogens (tertiary/aromatic N) is 1. The fourth-order valence-corrected chi connectivity index (χ4v) is 2.19. The van der Waals surface area contributed by atoms with Crippen LogP contribution in [0.25, 0.3) is 0 Å². The first-order valence-electron chi connectivity index (χ1n) is 7.35. The summed E-state index contributed by atoms with van der Waals surface area (Å²) in [6.45, 7) is 6.97. The molecular weight excluding hydrogens is 285 g/mol. The SMILES string of the molecule is CC(C)(C)OC(=O)N1CCC(NCCCC(F)(F)F)CC1. The van der Waals surface area contributed by atoms with Crippen molar-refractivity contribution >= 4 is 6.09 Å². The third-order valence-corrected chi connectivity index (χ3v) is 3.22. The molecule has 0 radical (unpaired) electrons. The second kappa shape index (κ2) is 7.33. The predicted molar refractivity (Wildman–Crippen MR) is 74.1 cm³/mol. The highest BCUT2D eigenvalue weighted by Gasteiger charge is 2.28. The lowest BCUT2D eigenvalue weighted by atomic mass is 10.1. The van der Waals surface area contributed by atoms with E-state index in [0.717, 1.165) is 12.8 Å². The summed E-state index contributed by atoms with van der Waals surface area (Å²) >= 11 is 0. The lowest BCUT2D eigenvalue weighted by Gasteiger charge is -2.33. The van der Waals surface area contributed by atoms with Crippen LogP contribution in [0.4, 0.5) is 18.0 Å². The van der Waals surface area contributed by atoms with Crippen molar-refractivity contribution in [2.75, 3.05) is 19.6 Å². The fraction of sp³-hybridized carbons (Fsp3) is 0.929. The second-order valence-corrected chi connectivity index (χ2v) is 6.41. The Kier molecular flexibility index (Phi) is 6.31. The number of halogens is 3. The van der Waals surface area contributed by atoms with Gasteiger partial charge in [-0.05, 0) is 46.6 Å². The number of nitrogens with one attached hydrogen (secondary N) is 1. The van der Waals surface area contributed by atoms with E-state index in [1.54, 1.807) is 4.90 Å². The minimum atomic E-state index is -4.08. The molecule has 1 saturated heterocycles. The molecule has 1 aliphatic rings. The number of alkyl halides is 3. The molecule has 1 amide bonds. The van der Waals surface area contributed by atoms with E-state index in [9.17, 15) is 18.0 Å². The van der Waals surface area contributed by atoms with Gasteiger partial charge in [0.2, 0.25) is 0 Å². The van der Waals surface area contributed by atoms with Crippen molar-refractivity contribution in [3.63, 3.8) is 0 Å². The first-order valence-corrected chi connectivity index (χ1v) is 7.35. The maximum absolute atomic E-state index is 12.0. The van der Waals surface area contributed by atoms with E-state index >= 15 is 0 Å². The Balaban J connectivity index is 2.19. The summed E-state index contributed by atoms with van der Waals surface area (Å²) in [6, 6.07) is 0.178. The van der Waals surface area contributed by atoms with Crippen molar-refractivity contribution in [2.24, 2.45) is 0 Å². The van der Waals surface area contributed by atoms with Crippen LogP contribution >= 0.6 is 0 Å². The summed E-state index contributed by atoms with van der Waals surface area (Å²) in [4.78, 5) is 13.5. The number of hydrogen-bond donors (Lipinski definition) is 1. The summed E-state index contributed by atoms with van der Waals surface area (Å²) in [7, 11) is 0. The van der Waals surface area contributed by atoms with Crippen LogP contribution in [0.15, 0.2) is 0 Å². The normalized spacial score (nSPS) is 17.9. The van der Waals surface area contributed by atoms with Crippen molar-refractivity contribution in [3.8, 4) is 0 Å². The van der Waals surface area contributed by atoms with Gasteiger partial charge in [-0.3, -0.25) is 0 Å². The van der Waals surface area contributed by atoms with Crippen molar-refractivity contribution in [1.29, 1.82) is 0 Å². The molecule has 0 spiro atoms. The third-order valence-electron chi connectivity index (χ3n) is 3.22. The van der Waals surface area contributed by atoms with Gasteiger partial charge >= 0.3 is 12.3 Å². The summed E-state index contributed by atoms with van der Waals surface area (Å²) in [5.74, 6) is 0. The molecule has 0 aliphatic carbocycles. The van der Waals surface area contributed by atoms with Gasteiger partial charge < -0.3 is 15.0 Å². The molecular formula is C14H25F3N2O2. The molecule has 124 valence electrons. The predicted octanol–water partition coefficient (Wildman–Crippen LogP) is 3.32. The van der Waals surface area contributed by atoms with Crippen LogP contribution in [0.3, 0.4) is 0 Å². The molecule has 0 bridgehead atoms. The summed E-state index contributed by atoms with van der Waals surface area (Å²) < 4.78 is 41.3. The average molecular weight is 310 g/mol. The lowest BCUT2D eigenvalue weighted by molar-refractivity contribution is -0.135. The first kappa shape index (κ1) is 18.1. The Morgan fingerprint density at radius 1 is 1.24 bits per heavy atom. The van der Waals surface area contributed by atoms with Crippen molar-refractivity contribution in [1.82, 2.24) is 10.2 Å². The maximum atomic E-state index is 12.0. The third kappa shape index (κ3) is 8.14. The van der Waals surface area contributed by atoms with E-state index in [1.807, 2.05) is 20.8 Å². The Morgan fingerprint density at radius 3 is 2.29 bits per heavy atom. The van der Waals surface area contributed by atoms with E-state index in [4.69, 9.17) is 4.74 Å². The smallest absolute Gasteiger partial charge is 0.410 e. The number of carbonyl (C=O) groups excluding carboxylic acids is 1. The molecule has 0 aromatic carbocycles. The number of rotatable bonds is 4. The summed E-state index contributed by atoms with van der Waals surface area (Å²) in [5.41, 5.74) is -0.510. The molecule has 1 aliphatic heterocycles. The topological polar surface area (TPSA) is 41.6 Å². The van der Waals surface area contributed by atoms with Crippen molar-refractivity contribution in [2.45, 2.75) is 64.3 Å². The molecule has 0 atom stereocenters. The van der Waals surface area contributed by atoms with E-state index in [-0.39, 0.29) is 18.6 Å². The van der Waals surface area contributed by atoms with Crippen LogP contribution in [-0.2, 0) is 4.74 Å². The van der Waals surface area contributed by atoms with E-state index in [2.05, 4.69) is 5.32 Å². The Labute approximate surface area is 124 Å². The van der Waals surface area contributed by atoms with Gasteiger partial charge in [-0.15, -0.1) is 0 Å². The van der Waals surface area contributed by atoms with Crippen LogP contribution in [0.1, 0.15) is 46.5 Å². The number of ether oxygens (including phenoxy) is 1. The van der Waals surface area contributed by atoms with Crippen molar-refractivity contribution < 1.29 is 22.7 Å². The average Bonchev–Trinajstić information content (AvgIpc) is 2.32. The van der Waals surface area contributed by atoms with Gasteiger partial charge in [0.05, 0.1) is 0 Å². The van der Waals surface area contributed by atoms with Gasteiger partial charge in [-0.25, -0.2) is 4.79 Å². The molecule has 1 N–H and O–H groups in total. The van der Waals surface area contributed by atoms with Gasteiger partial charge in [0.25, 0.3) is 0 Å². The first-order chi connectivity index (χ1) is 9.57. The van der Waals surface area contributed by atoms with E-state index in [0.29, 0.717) is 19.6 Å². The molecule has 0 saturated carbocycles. The maximum Gasteiger partial charge on any atom is 0.410 e. The molecule has 0 aromatic heterocycles. The van der Waals surface area contributed by atoms with Crippen LogP contribution in [-0.4, -0.2) is 48.4 Å². The highest BCUT2D eigenvalue weighted by molar-refractivity contribution is 5.68. The highest BCUT2D eigenvalue weighted by Crippen LogP contribution is 2.21.